The summed E-state index contributed by atoms with van der Waals surface area (Å²) in [5.74, 6) is -0.445. The molecule has 0 spiro atoms. The van der Waals surface area contributed by atoms with E-state index < -0.39 is 54.9 Å². The molecular formula is C29H41NO9. The van der Waals surface area contributed by atoms with Gasteiger partial charge in [0.05, 0.1) is 24.8 Å². The average Bonchev–Trinajstić information content (AvgIpc) is 3.18. The Bertz CT molecular complexity index is 1140. The van der Waals surface area contributed by atoms with Crippen molar-refractivity contribution < 1.29 is 44.9 Å². The number of rotatable bonds is 8. The Labute approximate surface area is 228 Å². The van der Waals surface area contributed by atoms with Crippen molar-refractivity contribution in [3.8, 4) is 11.5 Å². The van der Waals surface area contributed by atoms with E-state index in [-0.39, 0.29) is 24.3 Å². The van der Waals surface area contributed by atoms with Crippen LogP contribution in [0, 0.1) is 0 Å². The second-order valence-electron chi connectivity index (χ2n) is 11.4. The summed E-state index contributed by atoms with van der Waals surface area (Å²) < 4.78 is 11.6. The summed E-state index contributed by atoms with van der Waals surface area (Å²) in [4.78, 5) is 14.6. The first-order chi connectivity index (χ1) is 18.4. The van der Waals surface area contributed by atoms with Gasteiger partial charge < -0.3 is 45.0 Å². The number of aliphatic hydroxyl groups excluding tert-OH is 5. The molecule has 10 nitrogen and oxygen atoms in total. The van der Waals surface area contributed by atoms with Crippen molar-refractivity contribution >= 4 is 5.91 Å². The molecule has 3 aliphatic rings. The first-order valence-electron chi connectivity index (χ1n) is 13.5. The number of aromatic hydroxyl groups is 1. The number of phenols is 1. The lowest BCUT2D eigenvalue weighted by Gasteiger charge is -2.44. The van der Waals surface area contributed by atoms with Crippen LogP contribution in [0.5, 0.6) is 11.5 Å². The molecule has 7 atom stereocenters. The topological polar surface area (TPSA) is 160 Å². The van der Waals surface area contributed by atoms with Crippen molar-refractivity contribution in [2.75, 3.05) is 6.61 Å². The van der Waals surface area contributed by atoms with Gasteiger partial charge in [-0.15, -0.1) is 0 Å². The highest BCUT2D eigenvalue weighted by Crippen LogP contribution is 2.47. The maximum atomic E-state index is 13.4. The Hall–Kier alpha value is -2.47. The van der Waals surface area contributed by atoms with Crippen molar-refractivity contribution in [3.05, 3.63) is 46.1 Å². The largest absolute Gasteiger partial charge is 0.508 e. The number of ether oxygens (including phenoxy) is 2. The molecule has 0 aliphatic carbocycles. The van der Waals surface area contributed by atoms with Gasteiger partial charge in [0.1, 0.15) is 41.5 Å². The maximum Gasteiger partial charge on any atom is 0.255 e. The summed E-state index contributed by atoms with van der Waals surface area (Å²) in [5.41, 5.74) is 2.57. The van der Waals surface area contributed by atoms with E-state index in [0.717, 1.165) is 12.8 Å². The normalized spacial score (nSPS) is 32.5. The van der Waals surface area contributed by atoms with Gasteiger partial charge in [0.2, 0.25) is 0 Å². The highest BCUT2D eigenvalue weighted by atomic mass is 16.6. The van der Waals surface area contributed by atoms with E-state index in [1.54, 1.807) is 0 Å². The Balaban J connectivity index is 1.55. The number of carbonyl (C=O) groups is 1. The SMILES string of the molecule is CC(C)=CCC/C(C)=C\CC[C@]1(C)Oc2c(c(O)cc3c2CN([C@@H]2[C@@H](O)[C@H](O)[C@@H](CO)O[C@@H]2O)C3=O)C[C@@H]1O. The summed E-state index contributed by atoms with van der Waals surface area (Å²) in [5, 5.41) is 62.6. The lowest BCUT2D eigenvalue weighted by molar-refractivity contribution is -0.268. The molecule has 0 aromatic heterocycles. The highest BCUT2D eigenvalue weighted by Gasteiger charge is 2.51. The number of fused-ring (bicyclic) bond motifs is 3. The van der Waals surface area contributed by atoms with Crippen molar-refractivity contribution in [2.24, 2.45) is 0 Å². The number of phenolic OH excluding ortho intramolecular Hbond substituents is 1. The first kappa shape index (κ1) is 29.5. The van der Waals surface area contributed by atoms with Gasteiger partial charge in [0.25, 0.3) is 5.91 Å². The summed E-state index contributed by atoms with van der Waals surface area (Å²) in [6.45, 7) is 7.36. The van der Waals surface area contributed by atoms with Crippen LogP contribution in [-0.4, -0.2) is 90.4 Å². The van der Waals surface area contributed by atoms with Crippen LogP contribution in [0.1, 0.15) is 74.9 Å². The van der Waals surface area contributed by atoms with Gasteiger partial charge in [-0.2, -0.15) is 0 Å². The van der Waals surface area contributed by atoms with E-state index in [1.165, 1.54) is 22.1 Å². The first-order valence-corrected chi connectivity index (χ1v) is 13.5. The zero-order valence-corrected chi connectivity index (χ0v) is 23.0. The molecule has 6 N–H and O–H groups in total. The van der Waals surface area contributed by atoms with Crippen molar-refractivity contribution in [1.29, 1.82) is 0 Å². The molecule has 39 heavy (non-hydrogen) atoms. The minimum atomic E-state index is -1.65. The minimum absolute atomic E-state index is 0.0645. The zero-order chi connectivity index (χ0) is 28.6. The van der Waals surface area contributed by atoms with E-state index in [4.69, 9.17) is 9.47 Å². The Morgan fingerprint density at radius 3 is 2.49 bits per heavy atom. The van der Waals surface area contributed by atoms with Crippen LogP contribution in [0.2, 0.25) is 0 Å². The molecule has 3 heterocycles. The fraction of sp³-hybridized carbons (Fsp3) is 0.621. The molecule has 1 fully saturated rings. The lowest BCUT2D eigenvalue weighted by Crippen LogP contribution is -2.64. The molecule has 1 aromatic rings. The number of amides is 1. The van der Waals surface area contributed by atoms with Crippen LogP contribution in [0.25, 0.3) is 0 Å². The van der Waals surface area contributed by atoms with Crippen LogP contribution in [-0.2, 0) is 17.7 Å². The van der Waals surface area contributed by atoms with Gasteiger partial charge in [0.15, 0.2) is 6.29 Å². The van der Waals surface area contributed by atoms with E-state index in [9.17, 15) is 35.4 Å². The molecule has 10 heteroatoms. The number of hydrogen-bond donors (Lipinski definition) is 6. The Morgan fingerprint density at radius 1 is 1.10 bits per heavy atom. The van der Waals surface area contributed by atoms with Crippen LogP contribution >= 0.6 is 0 Å². The van der Waals surface area contributed by atoms with E-state index >= 15 is 0 Å². The van der Waals surface area contributed by atoms with E-state index in [0.29, 0.717) is 29.7 Å². The third-order valence-electron chi connectivity index (χ3n) is 8.17. The fourth-order valence-corrected chi connectivity index (χ4v) is 5.68. The third-order valence-corrected chi connectivity index (χ3v) is 8.17. The van der Waals surface area contributed by atoms with Crippen LogP contribution in [0.15, 0.2) is 29.4 Å². The summed E-state index contributed by atoms with van der Waals surface area (Å²) in [7, 11) is 0. The van der Waals surface area contributed by atoms with E-state index in [1.807, 2.05) is 6.92 Å². The number of allylic oxidation sites excluding steroid dienone is 4. The number of benzene rings is 1. The number of nitrogens with zero attached hydrogens (tertiary/aromatic N) is 1. The van der Waals surface area contributed by atoms with Gasteiger partial charge in [-0.1, -0.05) is 23.3 Å². The highest BCUT2D eigenvalue weighted by molar-refractivity contribution is 6.00. The minimum Gasteiger partial charge on any atom is -0.508 e. The zero-order valence-electron chi connectivity index (χ0n) is 23.0. The molecular weight excluding hydrogens is 506 g/mol. The van der Waals surface area contributed by atoms with E-state index in [2.05, 4.69) is 32.9 Å². The smallest absolute Gasteiger partial charge is 0.255 e. The predicted octanol–water partition coefficient (Wildman–Crippen LogP) is 1.68. The fourth-order valence-electron chi connectivity index (χ4n) is 5.68. The van der Waals surface area contributed by atoms with Crippen molar-refractivity contribution in [3.63, 3.8) is 0 Å². The number of hydrogen-bond acceptors (Lipinski definition) is 9. The molecule has 216 valence electrons. The third kappa shape index (κ3) is 5.73. The van der Waals surface area contributed by atoms with Crippen LogP contribution in [0.3, 0.4) is 0 Å². The standard InChI is InChI=1S/C29H41NO9/c1-15(2)7-5-8-16(3)9-6-10-29(4)22(33)12-18-20(32)11-17-19(26(18)39-29)13-30(27(17)36)23-25(35)24(34)21(14-31)38-28(23)37/h7,9,11,21-25,28,31-35,37H,5-6,8,10,12-14H2,1-4H3/b16-9-/t21-,22+,23-,24-,25-,28+,29+/m1/s1. The second-order valence-corrected chi connectivity index (χ2v) is 11.4. The molecule has 1 saturated heterocycles. The van der Waals surface area contributed by atoms with Gasteiger partial charge in [-0.25, -0.2) is 0 Å². The summed E-state index contributed by atoms with van der Waals surface area (Å²) in [6.07, 6.45) is 0.760. The monoisotopic (exact) mass is 547 g/mol. The Morgan fingerprint density at radius 2 is 1.82 bits per heavy atom. The molecule has 0 bridgehead atoms. The number of carbonyl (C=O) groups excluding carboxylic acids is 1. The Kier molecular flexibility index (Phi) is 8.75. The maximum absolute atomic E-state index is 13.4. The predicted molar refractivity (Wildman–Crippen MR) is 142 cm³/mol. The number of aliphatic hydroxyl groups is 5. The quantitative estimate of drug-likeness (QED) is 0.266. The molecule has 1 amide bonds. The molecule has 1 aromatic carbocycles. The lowest BCUT2D eigenvalue weighted by atomic mass is 9.84. The molecule has 0 unspecified atom stereocenters. The van der Waals surface area contributed by atoms with Gasteiger partial charge in [-0.3, -0.25) is 4.79 Å². The molecule has 4 rings (SSSR count). The van der Waals surface area contributed by atoms with Gasteiger partial charge in [0, 0.05) is 17.5 Å². The molecule has 0 radical (unpaired) electrons. The second kappa shape index (κ2) is 11.6. The van der Waals surface area contributed by atoms with Crippen molar-refractivity contribution in [1.82, 2.24) is 4.90 Å². The van der Waals surface area contributed by atoms with Gasteiger partial charge >= 0.3 is 0 Å². The van der Waals surface area contributed by atoms with Crippen molar-refractivity contribution in [2.45, 2.75) is 109 Å². The van der Waals surface area contributed by atoms with Crippen LogP contribution < -0.4 is 4.74 Å². The van der Waals surface area contributed by atoms with Crippen LogP contribution in [0.4, 0.5) is 0 Å². The summed E-state index contributed by atoms with van der Waals surface area (Å²) >= 11 is 0. The van der Waals surface area contributed by atoms with Gasteiger partial charge in [-0.05, 0) is 59.4 Å². The molecule has 0 saturated carbocycles. The molecule has 3 aliphatic heterocycles. The average molecular weight is 548 g/mol. The summed E-state index contributed by atoms with van der Waals surface area (Å²) in [6, 6.07) is 0.00365.